The molecule has 0 aromatic heterocycles. The molecule has 1 aromatic rings. The molecule has 1 aliphatic heterocycles. The van der Waals surface area contributed by atoms with Gasteiger partial charge in [-0.25, -0.2) is 9.59 Å². The molecule has 12 heteroatoms. The van der Waals surface area contributed by atoms with Crippen LogP contribution >= 0.6 is 0 Å². The van der Waals surface area contributed by atoms with Gasteiger partial charge in [-0.15, -0.1) is 0 Å². The second kappa shape index (κ2) is 14.8. The Balaban J connectivity index is 1.72. The van der Waals surface area contributed by atoms with E-state index >= 15 is 0 Å². The lowest BCUT2D eigenvalue weighted by molar-refractivity contribution is -0.137. The van der Waals surface area contributed by atoms with E-state index < -0.39 is 47.6 Å². The number of benzene rings is 1. The Morgan fingerprint density at radius 2 is 1.83 bits per heavy atom. The molecule has 3 unspecified atom stereocenters. The first-order valence-electron chi connectivity index (χ1n) is 14.4. The molecule has 3 rings (SSSR count). The Morgan fingerprint density at radius 3 is 2.40 bits per heavy atom. The number of hydrogen-bond acceptors (Lipinski definition) is 8. The van der Waals surface area contributed by atoms with Gasteiger partial charge in [0.15, 0.2) is 0 Å². The lowest BCUT2D eigenvalue weighted by Gasteiger charge is -2.27. The molecule has 0 bridgehead atoms. The zero-order valence-electron chi connectivity index (χ0n) is 24.6. The molecule has 12 nitrogen and oxygen atoms in total. The molecular weight excluding hydrogens is 544 g/mol. The van der Waals surface area contributed by atoms with Crippen LogP contribution in [0.5, 0.6) is 0 Å². The zero-order chi connectivity index (χ0) is 30.9. The fourth-order valence-electron chi connectivity index (χ4n) is 5.19. The molecule has 2 fully saturated rings. The van der Waals surface area contributed by atoms with E-state index in [-0.39, 0.29) is 43.3 Å². The van der Waals surface area contributed by atoms with Crippen molar-refractivity contribution in [2.45, 2.75) is 77.3 Å². The van der Waals surface area contributed by atoms with Crippen molar-refractivity contribution in [1.82, 2.24) is 21.3 Å². The van der Waals surface area contributed by atoms with Gasteiger partial charge < -0.3 is 35.8 Å². The first-order valence-corrected chi connectivity index (χ1v) is 14.4. The standard InChI is InChI=1S/C30H42N4O8/c1-5-41-24(36)12-11-22(15-21-13-14-31-26(21)37)32-28(39)30(16-23(30)18(2)3)34-27(38)25(19(4)35)33-29(40)42-17-20-9-7-6-8-10-20/h6-12,18-19,21-23,25,35H,5,13-17H2,1-4H3,(H,31,37)(H,32,39)(H,33,40)(H,34,38)/b12-11+/t19?,21?,22-,23?,25+,30+/m1/s1. The third kappa shape index (κ3) is 8.78. The van der Waals surface area contributed by atoms with Crippen molar-refractivity contribution in [1.29, 1.82) is 0 Å². The van der Waals surface area contributed by atoms with Crippen LogP contribution in [0.3, 0.4) is 0 Å². The topological polar surface area (TPSA) is 172 Å². The Morgan fingerprint density at radius 1 is 1.12 bits per heavy atom. The van der Waals surface area contributed by atoms with Crippen molar-refractivity contribution in [2.75, 3.05) is 13.2 Å². The van der Waals surface area contributed by atoms with E-state index in [9.17, 15) is 29.1 Å². The SMILES string of the molecule is CCOC(=O)/C=C/[C@H](CC1CCNC1=O)NC(=O)[C@]1(NC(=O)[C@@H](NC(=O)OCc2ccccc2)C(C)O)CC1C(C)C. The van der Waals surface area contributed by atoms with Gasteiger partial charge in [0.25, 0.3) is 0 Å². The number of nitrogens with one attached hydrogen (secondary N) is 4. The van der Waals surface area contributed by atoms with Crippen LogP contribution in [0.15, 0.2) is 42.5 Å². The van der Waals surface area contributed by atoms with Gasteiger partial charge in [0.05, 0.1) is 12.7 Å². The maximum atomic E-state index is 13.7. The summed E-state index contributed by atoms with van der Waals surface area (Å²) in [6, 6.07) is 6.92. The molecule has 0 radical (unpaired) electrons. The van der Waals surface area contributed by atoms with Gasteiger partial charge in [0.1, 0.15) is 18.2 Å². The molecule has 4 amide bonds. The van der Waals surface area contributed by atoms with Gasteiger partial charge in [-0.05, 0) is 50.5 Å². The molecule has 2 aliphatic rings. The van der Waals surface area contributed by atoms with Crippen LogP contribution in [0.1, 0.15) is 52.5 Å². The van der Waals surface area contributed by atoms with E-state index in [1.807, 2.05) is 19.9 Å². The van der Waals surface area contributed by atoms with Crippen LogP contribution < -0.4 is 21.3 Å². The number of hydrogen-bond donors (Lipinski definition) is 5. The fraction of sp³-hybridized carbons (Fsp3) is 0.567. The summed E-state index contributed by atoms with van der Waals surface area (Å²) in [4.78, 5) is 63.7. The second-order valence-electron chi connectivity index (χ2n) is 11.1. The van der Waals surface area contributed by atoms with Crippen LogP contribution in [0.4, 0.5) is 4.79 Å². The lowest BCUT2D eigenvalue weighted by Crippen LogP contribution is -2.60. The van der Waals surface area contributed by atoms with Crippen LogP contribution in [0, 0.1) is 17.8 Å². The molecule has 1 saturated heterocycles. The molecule has 1 saturated carbocycles. The average molecular weight is 587 g/mol. The van der Waals surface area contributed by atoms with Crippen molar-refractivity contribution < 1.29 is 38.6 Å². The predicted octanol–water partition coefficient (Wildman–Crippen LogP) is 1.32. The highest BCUT2D eigenvalue weighted by molar-refractivity contribution is 5.97. The minimum Gasteiger partial charge on any atom is -0.463 e. The Bertz CT molecular complexity index is 1160. The fourth-order valence-corrected chi connectivity index (χ4v) is 5.19. The number of carbonyl (C=O) groups excluding carboxylic acids is 5. The summed E-state index contributed by atoms with van der Waals surface area (Å²) in [5.41, 5.74) is -0.553. The number of aliphatic hydroxyl groups is 1. The van der Waals surface area contributed by atoms with Crippen molar-refractivity contribution in [3.63, 3.8) is 0 Å². The van der Waals surface area contributed by atoms with Crippen LogP contribution in [-0.4, -0.2) is 71.8 Å². The van der Waals surface area contributed by atoms with Gasteiger partial charge >= 0.3 is 12.1 Å². The molecule has 1 heterocycles. The van der Waals surface area contributed by atoms with Crippen molar-refractivity contribution in [3.8, 4) is 0 Å². The minimum atomic E-state index is -1.38. The first kappa shape index (κ1) is 32.6. The molecular formula is C30H42N4O8. The molecule has 1 aromatic carbocycles. The van der Waals surface area contributed by atoms with E-state index in [0.717, 1.165) is 5.56 Å². The van der Waals surface area contributed by atoms with Crippen molar-refractivity contribution in [3.05, 3.63) is 48.0 Å². The summed E-state index contributed by atoms with van der Waals surface area (Å²) < 4.78 is 10.1. The highest BCUT2D eigenvalue weighted by atomic mass is 16.5. The van der Waals surface area contributed by atoms with Crippen LogP contribution in [0.2, 0.25) is 0 Å². The minimum absolute atomic E-state index is 0.0255. The molecule has 5 N–H and O–H groups in total. The zero-order valence-corrected chi connectivity index (χ0v) is 24.6. The second-order valence-corrected chi connectivity index (χ2v) is 11.1. The largest absolute Gasteiger partial charge is 0.463 e. The first-order chi connectivity index (χ1) is 20.0. The normalized spacial score (nSPS) is 23.4. The molecule has 0 spiro atoms. The average Bonchev–Trinajstić information content (AvgIpc) is 3.55. The van der Waals surface area contributed by atoms with E-state index in [4.69, 9.17) is 9.47 Å². The molecule has 230 valence electrons. The number of rotatable bonds is 14. The number of aliphatic hydroxyl groups excluding tert-OH is 1. The molecule has 1 aliphatic carbocycles. The maximum absolute atomic E-state index is 13.7. The van der Waals surface area contributed by atoms with Crippen LogP contribution in [-0.2, 0) is 35.3 Å². The van der Waals surface area contributed by atoms with Gasteiger partial charge in [0.2, 0.25) is 17.7 Å². The number of amides is 4. The predicted molar refractivity (Wildman–Crippen MR) is 152 cm³/mol. The number of esters is 1. The van der Waals surface area contributed by atoms with E-state index in [2.05, 4.69) is 21.3 Å². The Labute approximate surface area is 246 Å². The van der Waals surface area contributed by atoms with Gasteiger partial charge in [-0.3, -0.25) is 14.4 Å². The number of ether oxygens (including phenoxy) is 2. The highest BCUT2D eigenvalue weighted by Gasteiger charge is 2.62. The van der Waals surface area contributed by atoms with Gasteiger partial charge in [0, 0.05) is 24.6 Å². The maximum Gasteiger partial charge on any atom is 0.408 e. The third-order valence-corrected chi connectivity index (χ3v) is 7.59. The van der Waals surface area contributed by atoms with Crippen molar-refractivity contribution >= 4 is 29.8 Å². The van der Waals surface area contributed by atoms with Gasteiger partial charge in [-0.2, -0.15) is 0 Å². The lowest BCUT2D eigenvalue weighted by atomic mass is 9.96. The summed E-state index contributed by atoms with van der Waals surface area (Å²) in [7, 11) is 0. The van der Waals surface area contributed by atoms with Crippen LogP contribution in [0.25, 0.3) is 0 Å². The summed E-state index contributed by atoms with van der Waals surface area (Å²) in [5, 5.41) is 21.2. The number of alkyl carbamates (subject to hydrolysis) is 1. The van der Waals surface area contributed by atoms with Gasteiger partial charge in [-0.1, -0.05) is 50.3 Å². The quantitative estimate of drug-likeness (QED) is 0.160. The third-order valence-electron chi connectivity index (χ3n) is 7.59. The highest BCUT2D eigenvalue weighted by Crippen LogP contribution is 2.49. The Hall–Kier alpha value is -3.93. The van der Waals surface area contributed by atoms with E-state index in [1.54, 1.807) is 31.2 Å². The smallest absolute Gasteiger partial charge is 0.408 e. The van der Waals surface area contributed by atoms with Crippen molar-refractivity contribution in [2.24, 2.45) is 17.8 Å². The Kier molecular flexibility index (Phi) is 11.5. The van der Waals surface area contributed by atoms with E-state index in [0.29, 0.717) is 19.4 Å². The summed E-state index contributed by atoms with van der Waals surface area (Å²) in [5.74, 6) is -2.47. The molecule has 42 heavy (non-hydrogen) atoms. The molecule has 6 atom stereocenters. The summed E-state index contributed by atoms with van der Waals surface area (Å²) in [6.45, 7) is 7.58. The number of carbonyl (C=O) groups is 5. The monoisotopic (exact) mass is 586 g/mol. The summed E-state index contributed by atoms with van der Waals surface area (Å²) in [6.07, 6.45) is 1.72. The van der Waals surface area contributed by atoms with E-state index in [1.165, 1.54) is 19.1 Å². The summed E-state index contributed by atoms with van der Waals surface area (Å²) >= 11 is 0.